The molecule has 3 rings (SSSR count). The highest BCUT2D eigenvalue weighted by Crippen LogP contribution is 2.31. The van der Waals surface area contributed by atoms with Crippen LogP contribution in [0.4, 0.5) is 5.69 Å². The van der Waals surface area contributed by atoms with Crippen molar-refractivity contribution in [2.75, 3.05) is 11.6 Å². The third kappa shape index (κ3) is 4.49. The van der Waals surface area contributed by atoms with E-state index in [1.807, 2.05) is 61.7 Å². The Morgan fingerprint density at radius 1 is 1.15 bits per heavy atom. The fourth-order valence-corrected chi connectivity index (χ4v) is 3.88. The lowest BCUT2D eigenvalue weighted by Gasteiger charge is -2.12. The second-order valence-corrected chi connectivity index (χ2v) is 8.30. The van der Waals surface area contributed by atoms with Crippen molar-refractivity contribution in [3.8, 4) is 11.5 Å². The molecule has 26 heavy (non-hydrogen) atoms. The number of aromatic nitrogens is 2. The van der Waals surface area contributed by atoms with Gasteiger partial charge in [-0.3, -0.25) is 4.79 Å². The highest BCUT2D eigenvalue weighted by molar-refractivity contribution is 9.10. The zero-order valence-electron chi connectivity index (χ0n) is 14.1. The number of anilines is 1. The minimum Gasteiger partial charge on any atom is -0.411 e. The minimum atomic E-state index is -0.377. The van der Waals surface area contributed by atoms with Crippen LogP contribution in [0.3, 0.4) is 0 Å². The van der Waals surface area contributed by atoms with Crippen LogP contribution >= 0.6 is 39.5 Å². The highest BCUT2D eigenvalue weighted by Gasteiger charge is 2.20. The van der Waals surface area contributed by atoms with Crippen LogP contribution in [0, 0.1) is 0 Å². The van der Waals surface area contributed by atoms with Gasteiger partial charge in [0.25, 0.3) is 5.22 Å². The molecule has 1 atom stereocenters. The van der Waals surface area contributed by atoms with Gasteiger partial charge in [-0.25, -0.2) is 0 Å². The van der Waals surface area contributed by atoms with E-state index in [4.69, 9.17) is 4.42 Å². The number of thioether (sulfide) groups is 2. The van der Waals surface area contributed by atoms with E-state index in [0.29, 0.717) is 11.1 Å². The van der Waals surface area contributed by atoms with E-state index in [2.05, 4.69) is 31.4 Å². The summed E-state index contributed by atoms with van der Waals surface area (Å²) in [5, 5.41) is 11.0. The smallest absolute Gasteiger partial charge is 0.277 e. The van der Waals surface area contributed by atoms with Crippen LogP contribution in [-0.4, -0.2) is 27.6 Å². The van der Waals surface area contributed by atoms with Gasteiger partial charge in [0, 0.05) is 9.37 Å². The molecule has 0 aliphatic carbocycles. The number of halogens is 1. The van der Waals surface area contributed by atoms with Crippen molar-refractivity contribution >= 4 is 51.0 Å². The summed E-state index contributed by atoms with van der Waals surface area (Å²) >= 11 is 6.29. The molecule has 0 aliphatic heterocycles. The Hall–Kier alpha value is -1.77. The van der Waals surface area contributed by atoms with Gasteiger partial charge in [-0.1, -0.05) is 36.0 Å². The average molecular weight is 450 g/mol. The molecule has 2 aromatic carbocycles. The van der Waals surface area contributed by atoms with Crippen LogP contribution in [0.15, 0.2) is 67.5 Å². The molecule has 0 saturated carbocycles. The Bertz CT molecular complexity index is 917. The molecule has 0 saturated heterocycles. The van der Waals surface area contributed by atoms with Crippen LogP contribution in [0.1, 0.15) is 6.92 Å². The molecule has 1 aromatic heterocycles. The summed E-state index contributed by atoms with van der Waals surface area (Å²) in [7, 11) is 0. The predicted octanol–water partition coefficient (Wildman–Crippen LogP) is 5.34. The number of carbonyl (C=O) groups is 1. The molecule has 3 aromatic rings. The lowest BCUT2D eigenvalue weighted by molar-refractivity contribution is -0.115. The van der Waals surface area contributed by atoms with Gasteiger partial charge >= 0.3 is 0 Å². The molecular weight excluding hydrogens is 434 g/mol. The van der Waals surface area contributed by atoms with E-state index in [-0.39, 0.29) is 11.2 Å². The average Bonchev–Trinajstić information content (AvgIpc) is 3.10. The third-order valence-corrected chi connectivity index (χ3v) is 5.94. The Morgan fingerprint density at radius 2 is 1.88 bits per heavy atom. The van der Waals surface area contributed by atoms with E-state index >= 15 is 0 Å². The van der Waals surface area contributed by atoms with Crippen molar-refractivity contribution in [3.63, 3.8) is 0 Å². The Balaban J connectivity index is 1.67. The lowest BCUT2D eigenvalue weighted by atomic mass is 10.2. The van der Waals surface area contributed by atoms with Crippen LogP contribution in [0.2, 0.25) is 0 Å². The van der Waals surface area contributed by atoms with Crippen LogP contribution in [0.5, 0.6) is 0 Å². The minimum absolute atomic E-state index is 0.114. The Kier molecular flexibility index (Phi) is 6.39. The van der Waals surface area contributed by atoms with E-state index in [9.17, 15) is 4.79 Å². The quantitative estimate of drug-likeness (QED) is 0.512. The number of amides is 1. The Labute approximate surface area is 168 Å². The third-order valence-electron chi connectivity index (χ3n) is 3.52. The molecule has 1 N–H and O–H groups in total. The second-order valence-electron chi connectivity index (χ2n) is 5.30. The zero-order valence-corrected chi connectivity index (χ0v) is 17.3. The largest absolute Gasteiger partial charge is 0.411 e. The number of hydrogen-bond donors (Lipinski definition) is 1. The standard InChI is InChI=1S/C18H16BrN3O2S2/c1-11(16(23)20-14-9-5-6-10-15(14)25-2)26-18-22-21-17(24-18)12-7-3-4-8-13(12)19/h3-11H,1-2H3,(H,20,23)/t11-/m0/s1. The summed E-state index contributed by atoms with van der Waals surface area (Å²) < 4.78 is 6.57. The first kappa shape index (κ1) is 19.0. The van der Waals surface area contributed by atoms with Gasteiger partial charge < -0.3 is 9.73 Å². The summed E-state index contributed by atoms with van der Waals surface area (Å²) in [4.78, 5) is 13.5. The zero-order chi connectivity index (χ0) is 18.5. The normalized spacial score (nSPS) is 12.0. The first-order valence-corrected chi connectivity index (χ1v) is 10.7. The summed E-state index contributed by atoms with van der Waals surface area (Å²) in [6.45, 7) is 1.81. The molecule has 5 nitrogen and oxygen atoms in total. The van der Waals surface area contributed by atoms with Crippen LogP contribution in [-0.2, 0) is 4.79 Å². The van der Waals surface area contributed by atoms with Crippen LogP contribution in [0.25, 0.3) is 11.5 Å². The first-order valence-electron chi connectivity index (χ1n) is 7.77. The number of rotatable bonds is 6. The molecule has 8 heteroatoms. The Morgan fingerprint density at radius 3 is 2.65 bits per heavy atom. The first-order chi connectivity index (χ1) is 12.6. The number of para-hydroxylation sites is 1. The molecule has 0 fully saturated rings. The van der Waals surface area contributed by atoms with Gasteiger partial charge in [-0.05, 0) is 53.4 Å². The van der Waals surface area contributed by atoms with Crippen molar-refractivity contribution in [2.24, 2.45) is 0 Å². The maximum Gasteiger partial charge on any atom is 0.277 e. The van der Waals surface area contributed by atoms with Crippen molar-refractivity contribution in [3.05, 3.63) is 53.0 Å². The SMILES string of the molecule is CSc1ccccc1NC(=O)[C@H](C)Sc1nnc(-c2ccccc2Br)o1. The van der Waals surface area contributed by atoms with Crippen molar-refractivity contribution in [1.29, 1.82) is 0 Å². The molecule has 1 amide bonds. The maximum absolute atomic E-state index is 12.5. The fraction of sp³-hybridized carbons (Fsp3) is 0.167. The van der Waals surface area contributed by atoms with Gasteiger partial charge in [0.05, 0.1) is 16.5 Å². The summed E-state index contributed by atoms with van der Waals surface area (Å²) in [6, 6.07) is 15.3. The van der Waals surface area contributed by atoms with Gasteiger partial charge in [0.15, 0.2) is 0 Å². The van der Waals surface area contributed by atoms with Gasteiger partial charge in [-0.15, -0.1) is 22.0 Å². The topological polar surface area (TPSA) is 68.0 Å². The molecule has 0 spiro atoms. The van der Waals surface area contributed by atoms with Crippen molar-refractivity contribution in [1.82, 2.24) is 10.2 Å². The number of nitrogens with zero attached hydrogens (tertiary/aromatic N) is 2. The highest BCUT2D eigenvalue weighted by atomic mass is 79.9. The predicted molar refractivity (Wildman–Crippen MR) is 110 cm³/mol. The van der Waals surface area contributed by atoms with Crippen molar-refractivity contribution < 1.29 is 9.21 Å². The summed E-state index contributed by atoms with van der Waals surface area (Å²) in [5.74, 6) is 0.303. The van der Waals surface area contributed by atoms with E-state index in [1.165, 1.54) is 11.8 Å². The molecule has 134 valence electrons. The molecule has 0 bridgehead atoms. The van der Waals surface area contributed by atoms with Crippen molar-refractivity contribution in [2.45, 2.75) is 22.3 Å². The number of nitrogens with one attached hydrogen (secondary N) is 1. The molecule has 0 unspecified atom stereocenters. The maximum atomic E-state index is 12.5. The molecule has 0 radical (unpaired) electrons. The monoisotopic (exact) mass is 449 g/mol. The van der Waals surface area contributed by atoms with E-state index < -0.39 is 0 Å². The summed E-state index contributed by atoms with van der Waals surface area (Å²) in [5.41, 5.74) is 1.62. The van der Waals surface area contributed by atoms with Crippen LogP contribution < -0.4 is 5.32 Å². The molecular formula is C18H16BrN3O2S2. The van der Waals surface area contributed by atoms with Gasteiger partial charge in [-0.2, -0.15) is 0 Å². The fourth-order valence-electron chi connectivity index (χ4n) is 2.19. The number of hydrogen-bond acceptors (Lipinski definition) is 6. The number of carbonyl (C=O) groups excluding carboxylic acids is 1. The number of benzene rings is 2. The van der Waals surface area contributed by atoms with Gasteiger partial charge in [0.2, 0.25) is 11.8 Å². The summed E-state index contributed by atoms with van der Waals surface area (Å²) in [6.07, 6.45) is 1.98. The lowest BCUT2D eigenvalue weighted by Crippen LogP contribution is -2.22. The van der Waals surface area contributed by atoms with Gasteiger partial charge in [0.1, 0.15) is 0 Å². The molecule has 1 heterocycles. The molecule has 0 aliphatic rings. The van der Waals surface area contributed by atoms with E-state index in [0.717, 1.165) is 20.6 Å². The van der Waals surface area contributed by atoms with E-state index in [1.54, 1.807) is 11.8 Å². The second kappa shape index (κ2) is 8.75.